The Kier molecular flexibility index (Phi) is 3.46. The molecule has 1 atom stereocenters. The summed E-state index contributed by atoms with van der Waals surface area (Å²) in [6.45, 7) is 1.76. The fourth-order valence-electron chi connectivity index (χ4n) is 2.00. The largest absolute Gasteiger partial charge is 0.346 e. The van der Waals surface area contributed by atoms with Gasteiger partial charge in [-0.1, -0.05) is 0 Å². The predicted octanol–water partition coefficient (Wildman–Crippen LogP) is 1.15. The number of pyridine rings is 1. The van der Waals surface area contributed by atoms with Crippen LogP contribution in [0.4, 0.5) is 0 Å². The Hall–Kier alpha value is -0.950. The van der Waals surface area contributed by atoms with E-state index in [0.29, 0.717) is 16.6 Å². The number of hydrogen-bond acceptors (Lipinski definition) is 4. The van der Waals surface area contributed by atoms with Crippen molar-refractivity contribution < 1.29 is 13.2 Å². The highest BCUT2D eigenvalue weighted by atomic mass is 79.9. The molecule has 1 fully saturated rings. The SMILES string of the molecule is CC1(NC(=O)c2ccnc(Br)c2)CCS(=O)(=O)C1. The van der Waals surface area contributed by atoms with Crippen LogP contribution >= 0.6 is 15.9 Å². The molecule has 0 aromatic carbocycles. The van der Waals surface area contributed by atoms with E-state index in [1.54, 1.807) is 19.1 Å². The number of halogens is 1. The van der Waals surface area contributed by atoms with Gasteiger partial charge < -0.3 is 5.32 Å². The molecule has 7 heteroatoms. The summed E-state index contributed by atoms with van der Waals surface area (Å²) in [6, 6.07) is 3.19. The van der Waals surface area contributed by atoms with Crippen LogP contribution in [0.3, 0.4) is 0 Å². The Balaban J connectivity index is 2.13. The zero-order chi connectivity index (χ0) is 13.4. The van der Waals surface area contributed by atoms with Gasteiger partial charge in [-0.2, -0.15) is 0 Å². The van der Waals surface area contributed by atoms with E-state index in [9.17, 15) is 13.2 Å². The molecule has 1 aliphatic rings. The van der Waals surface area contributed by atoms with E-state index in [-0.39, 0.29) is 17.4 Å². The fraction of sp³-hybridized carbons (Fsp3) is 0.455. The van der Waals surface area contributed by atoms with Crippen LogP contribution in [-0.4, -0.2) is 36.4 Å². The van der Waals surface area contributed by atoms with Crippen LogP contribution in [0.15, 0.2) is 22.9 Å². The minimum Gasteiger partial charge on any atom is -0.346 e. The number of carbonyl (C=O) groups excluding carboxylic acids is 1. The summed E-state index contributed by atoms with van der Waals surface area (Å²) >= 11 is 3.19. The van der Waals surface area contributed by atoms with Crippen molar-refractivity contribution in [2.75, 3.05) is 11.5 Å². The van der Waals surface area contributed by atoms with E-state index in [4.69, 9.17) is 0 Å². The highest BCUT2D eigenvalue weighted by Gasteiger charge is 2.39. The number of amides is 1. The van der Waals surface area contributed by atoms with Gasteiger partial charge in [-0.25, -0.2) is 13.4 Å². The predicted molar refractivity (Wildman–Crippen MR) is 71.1 cm³/mol. The smallest absolute Gasteiger partial charge is 0.251 e. The lowest BCUT2D eigenvalue weighted by Gasteiger charge is -2.23. The quantitative estimate of drug-likeness (QED) is 0.824. The Bertz CT molecular complexity index is 588. The number of hydrogen-bond donors (Lipinski definition) is 1. The summed E-state index contributed by atoms with van der Waals surface area (Å²) in [5.74, 6) is -0.153. The van der Waals surface area contributed by atoms with Gasteiger partial charge in [-0.3, -0.25) is 4.79 Å². The molecule has 1 aromatic rings. The molecule has 98 valence electrons. The molecule has 0 saturated carbocycles. The first kappa shape index (κ1) is 13.5. The number of sulfone groups is 1. The van der Waals surface area contributed by atoms with E-state index in [2.05, 4.69) is 26.2 Å². The van der Waals surface area contributed by atoms with Gasteiger partial charge in [0.1, 0.15) is 4.60 Å². The average molecular weight is 333 g/mol. The molecule has 0 spiro atoms. The maximum Gasteiger partial charge on any atom is 0.251 e. The van der Waals surface area contributed by atoms with E-state index in [0.717, 1.165) is 0 Å². The lowest BCUT2D eigenvalue weighted by molar-refractivity contribution is 0.0915. The zero-order valence-electron chi connectivity index (χ0n) is 9.81. The second kappa shape index (κ2) is 4.62. The first-order valence-corrected chi connectivity index (χ1v) is 8.06. The molecule has 0 bridgehead atoms. The number of rotatable bonds is 2. The van der Waals surface area contributed by atoms with Crippen LogP contribution in [0, 0.1) is 0 Å². The lowest BCUT2D eigenvalue weighted by Crippen LogP contribution is -2.46. The van der Waals surface area contributed by atoms with Crippen molar-refractivity contribution in [3.8, 4) is 0 Å². The van der Waals surface area contributed by atoms with Crippen LogP contribution < -0.4 is 5.32 Å². The second-order valence-electron chi connectivity index (χ2n) is 4.72. The third-order valence-corrected chi connectivity index (χ3v) is 5.24. The third kappa shape index (κ3) is 3.08. The molecule has 0 aliphatic carbocycles. The minimum absolute atomic E-state index is 0.00199. The van der Waals surface area contributed by atoms with Crippen molar-refractivity contribution >= 4 is 31.7 Å². The molecule has 2 heterocycles. The average Bonchev–Trinajstić information content (AvgIpc) is 2.52. The van der Waals surface area contributed by atoms with Crippen LogP contribution in [0.25, 0.3) is 0 Å². The summed E-state index contributed by atoms with van der Waals surface area (Å²) in [7, 11) is -3.03. The van der Waals surface area contributed by atoms with E-state index >= 15 is 0 Å². The van der Waals surface area contributed by atoms with Gasteiger partial charge in [0.05, 0.1) is 17.0 Å². The maximum absolute atomic E-state index is 12.0. The number of aromatic nitrogens is 1. The third-order valence-electron chi connectivity index (χ3n) is 2.91. The summed E-state index contributed by atoms with van der Waals surface area (Å²) < 4.78 is 23.5. The molecule has 0 radical (unpaired) electrons. The molecule has 1 aromatic heterocycles. The molecular weight excluding hydrogens is 320 g/mol. The van der Waals surface area contributed by atoms with E-state index in [1.807, 2.05) is 0 Å². The van der Waals surface area contributed by atoms with Gasteiger partial charge in [0.2, 0.25) is 0 Å². The van der Waals surface area contributed by atoms with Crippen LogP contribution in [0.2, 0.25) is 0 Å². The topological polar surface area (TPSA) is 76.1 Å². The Morgan fingerprint density at radius 1 is 1.56 bits per heavy atom. The molecule has 5 nitrogen and oxygen atoms in total. The Labute approximate surface area is 114 Å². The van der Waals surface area contributed by atoms with Crippen LogP contribution in [-0.2, 0) is 9.84 Å². The number of nitrogens with zero attached hydrogens (tertiary/aromatic N) is 1. The van der Waals surface area contributed by atoms with Crippen molar-refractivity contribution in [3.05, 3.63) is 28.5 Å². The molecular formula is C11H13BrN2O3S. The van der Waals surface area contributed by atoms with Gasteiger partial charge in [0.25, 0.3) is 5.91 Å². The normalized spacial score (nSPS) is 25.9. The maximum atomic E-state index is 12.0. The van der Waals surface area contributed by atoms with Gasteiger partial charge in [-0.05, 0) is 41.4 Å². The van der Waals surface area contributed by atoms with Crippen molar-refractivity contribution in [1.82, 2.24) is 10.3 Å². The summed E-state index contributed by atoms with van der Waals surface area (Å²) in [5, 5.41) is 2.79. The fourth-order valence-corrected chi connectivity index (χ4v) is 4.46. The van der Waals surface area contributed by atoms with Crippen molar-refractivity contribution in [2.45, 2.75) is 18.9 Å². The van der Waals surface area contributed by atoms with Gasteiger partial charge in [0, 0.05) is 11.8 Å². The number of carbonyl (C=O) groups is 1. The standard InChI is InChI=1S/C11H13BrN2O3S/c1-11(3-5-18(16,17)7-11)14-10(15)8-2-4-13-9(12)6-8/h2,4,6H,3,5,7H2,1H3,(H,14,15). The molecule has 18 heavy (non-hydrogen) atoms. The molecule has 2 rings (SSSR count). The molecule has 1 unspecified atom stereocenters. The van der Waals surface area contributed by atoms with Gasteiger partial charge in [-0.15, -0.1) is 0 Å². The monoisotopic (exact) mass is 332 g/mol. The second-order valence-corrected chi connectivity index (χ2v) is 7.72. The molecule has 1 aliphatic heterocycles. The van der Waals surface area contributed by atoms with E-state index in [1.165, 1.54) is 6.20 Å². The highest BCUT2D eigenvalue weighted by Crippen LogP contribution is 2.23. The van der Waals surface area contributed by atoms with Crippen molar-refractivity contribution in [1.29, 1.82) is 0 Å². The van der Waals surface area contributed by atoms with Crippen molar-refractivity contribution in [3.63, 3.8) is 0 Å². The minimum atomic E-state index is -3.03. The van der Waals surface area contributed by atoms with Crippen LogP contribution in [0.5, 0.6) is 0 Å². The van der Waals surface area contributed by atoms with Gasteiger partial charge in [0.15, 0.2) is 9.84 Å². The summed E-state index contributed by atoms with van der Waals surface area (Å²) in [6.07, 6.45) is 1.97. The first-order chi connectivity index (χ1) is 8.30. The summed E-state index contributed by atoms with van der Waals surface area (Å²) in [5.41, 5.74) is -0.214. The molecule has 1 amide bonds. The zero-order valence-corrected chi connectivity index (χ0v) is 12.2. The van der Waals surface area contributed by atoms with E-state index < -0.39 is 15.4 Å². The lowest BCUT2D eigenvalue weighted by atomic mass is 10.0. The molecule has 1 N–H and O–H groups in total. The van der Waals surface area contributed by atoms with Gasteiger partial charge >= 0.3 is 0 Å². The van der Waals surface area contributed by atoms with Crippen LogP contribution in [0.1, 0.15) is 23.7 Å². The number of nitrogens with one attached hydrogen (secondary N) is 1. The van der Waals surface area contributed by atoms with Crippen molar-refractivity contribution in [2.24, 2.45) is 0 Å². The molecule has 1 saturated heterocycles. The first-order valence-electron chi connectivity index (χ1n) is 5.44. The highest BCUT2D eigenvalue weighted by molar-refractivity contribution is 9.10. The Morgan fingerprint density at radius 3 is 2.83 bits per heavy atom. The summed E-state index contributed by atoms with van der Waals surface area (Å²) in [4.78, 5) is 15.9. The Morgan fingerprint density at radius 2 is 2.28 bits per heavy atom.